The molecule has 0 radical (unpaired) electrons. The molecule has 2 N–H and O–H groups in total. The monoisotopic (exact) mass is 429 g/mol. The van der Waals surface area contributed by atoms with Crippen molar-refractivity contribution in [3.63, 3.8) is 0 Å². The summed E-state index contributed by atoms with van der Waals surface area (Å²) in [6.07, 6.45) is 6.94. The van der Waals surface area contributed by atoms with Crippen molar-refractivity contribution in [1.29, 1.82) is 0 Å². The van der Waals surface area contributed by atoms with E-state index in [9.17, 15) is 14.4 Å². The van der Waals surface area contributed by atoms with E-state index in [1.807, 2.05) is 24.3 Å². The van der Waals surface area contributed by atoms with Crippen molar-refractivity contribution in [2.45, 2.75) is 62.7 Å². The van der Waals surface area contributed by atoms with Gasteiger partial charge in [-0.1, -0.05) is 43.2 Å². The van der Waals surface area contributed by atoms with Gasteiger partial charge in [0.1, 0.15) is 0 Å². The fourth-order valence-corrected chi connectivity index (χ4v) is 4.99. The molecule has 1 aromatic carbocycles. The van der Waals surface area contributed by atoms with E-state index in [1.165, 1.54) is 18.2 Å². The van der Waals surface area contributed by atoms with Gasteiger partial charge in [-0.05, 0) is 37.0 Å². The van der Waals surface area contributed by atoms with Crippen molar-refractivity contribution in [1.82, 2.24) is 20.1 Å². The van der Waals surface area contributed by atoms with Gasteiger partial charge in [-0.25, -0.2) is 9.89 Å². The Balaban J connectivity index is 1.27. The first-order valence-corrected chi connectivity index (χ1v) is 11.6. The number of nitrogens with one attached hydrogen (secondary N) is 2. The van der Waals surface area contributed by atoms with Gasteiger partial charge in [-0.15, -0.1) is 5.10 Å². The Hall–Kier alpha value is -2.55. The second-order valence-corrected chi connectivity index (χ2v) is 8.80. The van der Waals surface area contributed by atoms with Gasteiger partial charge < -0.3 is 10.2 Å². The summed E-state index contributed by atoms with van der Waals surface area (Å²) in [5, 5.41) is 10.1. The first-order valence-electron chi connectivity index (χ1n) is 10.6. The molecule has 4 rings (SSSR count). The number of rotatable bonds is 7. The Kier molecular flexibility index (Phi) is 6.56. The van der Waals surface area contributed by atoms with E-state index in [2.05, 4.69) is 15.5 Å². The average molecular weight is 430 g/mol. The lowest BCUT2D eigenvalue weighted by Crippen LogP contribution is -2.27. The fraction of sp³-hybridized carbons (Fsp3) is 0.524. The number of aromatic amines is 1. The van der Waals surface area contributed by atoms with Crippen LogP contribution in [0.2, 0.25) is 0 Å². The zero-order valence-corrected chi connectivity index (χ0v) is 17.7. The first-order chi connectivity index (χ1) is 14.6. The van der Waals surface area contributed by atoms with E-state index < -0.39 is 0 Å². The molecule has 0 atom stereocenters. The van der Waals surface area contributed by atoms with Crippen LogP contribution in [0.15, 0.2) is 34.2 Å². The third kappa shape index (κ3) is 4.77. The smallest absolute Gasteiger partial charge is 0.344 e. The molecule has 9 heteroatoms. The summed E-state index contributed by atoms with van der Waals surface area (Å²) in [5.41, 5.74) is 1.69. The van der Waals surface area contributed by atoms with Crippen LogP contribution in [-0.2, 0) is 16.1 Å². The molecule has 1 saturated carbocycles. The Bertz CT molecular complexity index is 946. The van der Waals surface area contributed by atoms with Gasteiger partial charge in [0.15, 0.2) is 5.16 Å². The second-order valence-electron chi connectivity index (χ2n) is 7.85. The van der Waals surface area contributed by atoms with E-state index in [1.54, 1.807) is 9.47 Å². The zero-order chi connectivity index (χ0) is 20.9. The highest BCUT2D eigenvalue weighted by Gasteiger charge is 2.22. The van der Waals surface area contributed by atoms with Crippen molar-refractivity contribution in [2.75, 3.05) is 17.2 Å². The number of benzene rings is 1. The predicted molar refractivity (Wildman–Crippen MR) is 116 cm³/mol. The highest BCUT2D eigenvalue weighted by molar-refractivity contribution is 7.99. The van der Waals surface area contributed by atoms with Crippen LogP contribution in [0.1, 0.15) is 56.6 Å². The van der Waals surface area contributed by atoms with E-state index >= 15 is 0 Å². The van der Waals surface area contributed by atoms with Crippen LogP contribution in [0.4, 0.5) is 5.69 Å². The SMILES string of the molecule is O=C(CSc1n[nH]c(=O)n1C1CCCCC1)NCc1ccc(N2CCCC2=O)cc1. The molecule has 0 unspecified atom stereocenters. The van der Waals surface area contributed by atoms with Gasteiger partial charge in [0.25, 0.3) is 0 Å². The molecular weight excluding hydrogens is 402 g/mol. The minimum atomic E-state index is -0.193. The van der Waals surface area contributed by atoms with E-state index in [0.717, 1.165) is 49.9 Å². The number of thioether (sulfide) groups is 1. The number of aromatic nitrogens is 3. The summed E-state index contributed by atoms with van der Waals surface area (Å²) in [6, 6.07) is 7.89. The van der Waals surface area contributed by atoms with Crippen molar-refractivity contribution in [3.8, 4) is 0 Å². The molecule has 2 aromatic rings. The third-order valence-corrected chi connectivity index (χ3v) is 6.71. The Morgan fingerprint density at radius 2 is 1.90 bits per heavy atom. The molecule has 0 spiro atoms. The second kappa shape index (κ2) is 9.51. The number of carbonyl (C=O) groups excluding carboxylic acids is 2. The fourth-order valence-electron chi connectivity index (χ4n) is 4.15. The van der Waals surface area contributed by atoms with E-state index in [4.69, 9.17) is 0 Å². The minimum Gasteiger partial charge on any atom is -0.351 e. The predicted octanol–water partition coefficient (Wildman–Crippen LogP) is 2.61. The maximum absolute atomic E-state index is 12.3. The summed E-state index contributed by atoms with van der Waals surface area (Å²) >= 11 is 1.29. The highest BCUT2D eigenvalue weighted by atomic mass is 32.2. The summed E-state index contributed by atoms with van der Waals surface area (Å²) in [4.78, 5) is 38.1. The summed E-state index contributed by atoms with van der Waals surface area (Å²) in [7, 11) is 0. The number of nitrogens with zero attached hydrogens (tertiary/aromatic N) is 3. The minimum absolute atomic E-state index is 0.107. The molecule has 30 heavy (non-hydrogen) atoms. The van der Waals surface area contributed by atoms with Gasteiger partial charge in [0.2, 0.25) is 11.8 Å². The lowest BCUT2D eigenvalue weighted by atomic mass is 9.95. The molecule has 2 fully saturated rings. The number of anilines is 1. The van der Waals surface area contributed by atoms with Crippen LogP contribution in [0, 0.1) is 0 Å². The van der Waals surface area contributed by atoms with Crippen molar-refractivity contribution in [2.24, 2.45) is 0 Å². The van der Waals surface area contributed by atoms with Gasteiger partial charge in [-0.2, -0.15) is 0 Å². The lowest BCUT2D eigenvalue weighted by Gasteiger charge is -2.22. The summed E-state index contributed by atoms with van der Waals surface area (Å²) in [6.45, 7) is 1.19. The molecule has 2 aliphatic rings. The standard InChI is InChI=1S/C21H27N5O3S/c27-18(14-30-21-24-23-20(29)26(21)17-5-2-1-3-6-17)22-13-15-8-10-16(11-9-15)25-12-4-7-19(25)28/h8-11,17H,1-7,12-14H2,(H,22,27)(H,23,29). The van der Waals surface area contributed by atoms with Crippen LogP contribution >= 0.6 is 11.8 Å². The zero-order valence-electron chi connectivity index (χ0n) is 16.9. The van der Waals surface area contributed by atoms with E-state index in [-0.39, 0.29) is 29.3 Å². The van der Waals surface area contributed by atoms with Crippen molar-refractivity contribution < 1.29 is 9.59 Å². The number of hydrogen-bond acceptors (Lipinski definition) is 5. The van der Waals surface area contributed by atoms with Crippen LogP contribution in [0.25, 0.3) is 0 Å². The number of amides is 2. The van der Waals surface area contributed by atoms with Crippen LogP contribution < -0.4 is 15.9 Å². The number of carbonyl (C=O) groups is 2. The Morgan fingerprint density at radius 1 is 1.13 bits per heavy atom. The topological polar surface area (TPSA) is 100 Å². The molecule has 8 nitrogen and oxygen atoms in total. The molecule has 2 amide bonds. The normalized spacial score (nSPS) is 17.5. The third-order valence-electron chi connectivity index (χ3n) is 5.76. The highest BCUT2D eigenvalue weighted by Crippen LogP contribution is 2.29. The molecule has 1 saturated heterocycles. The molecular formula is C21H27N5O3S. The largest absolute Gasteiger partial charge is 0.351 e. The van der Waals surface area contributed by atoms with Gasteiger partial charge >= 0.3 is 5.69 Å². The van der Waals surface area contributed by atoms with Crippen LogP contribution in [-0.4, -0.2) is 38.9 Å². The molecule has 1 aromatic heterocycles. The number of hydrogen-bond donors (Lipinski definition) is 2. The van der Waals surface area contributed by atoms with Crippen LogP contribution in [0.3, 0.4) is 0 Å². The maximum atomic E-state index is 12.3. The first kappa shape index (κ1) is 20.7. The van der Waals surface area contributed by atoms with Gasteiger partial charge in [0, 0.05) is 31.2 Å². The summed E-state index contributed by atoms with van der Waals surface area (Å²) in [5.74, 6) is 0.264. The summed E-state index contributed by atoms with van der Waals surface area (Å²) < 4.78 is 1.72. The quantitative estimate of drug-likeness (QED) is 0.659. The lowest BCUT2D eigenvalue weighted by molar-refractivity contribution is -0.119. The van der Waals surface area contributed by atoms with Crippen LogP contribution in [0.5, 0.6) is 0 Å². The molecule has 1 aliphatic heterocycles. The van der Waals surface area contributed by atoms with E-state index in [0.29, 0.717) is 18.1 Å². The molecule has 1 aliphatic carbocycles. The molecule has 2 heterocycles. The molecule has 0 bridgehead atoms. The average Bonchev–Trinajstić information content (AvgIpc) is 3.37. The maximum Gasteiger partial charge on any atom is 0.344 e. The van der Waals surface area contributed by atoms with Gasteiger partial charge in [0.05, 0.1) is 5.75 Å². The van der Waals surface area contributed by atoms with Crippen molar-refractivity contribution >= 4 is 29.3 Å². The Morgan fingerprint density at radius 3 is 2.60 bits per heavy atom. The number of H-pyrrole nitrogens is 1. The Labute approximate surface area is 179 Å². The van der Waals surface area contributed by atoms with Gasteiger partial charge in [-0.3, -0.25) is 14.2 Å². The van der Waals surface area contributed by atoms with Crippen molar-refractivity contribution in [3.05, 3.63) is 40.3 Å². The molecule has 160 valence electrons.